The van der Waals surface area contributed by atoms with Crippen LogP contribution >= 0.6 is 0 Å². The Hall–Kier alpha value is -2.90. The number of hydrogen-bond acceptors (Lipinski definition) is 6. The molecule has 0 unspecified atom stereocenters. The summed E-state index contributed by atoms with van der Waals surface area (Å²) in [5, 5.41) is 2.63. The van der Waals surface area contributed by atoms with E-state index in [1.54, 1.807) is 4.90 Å². The van der Waals surface area contributed by atoms with Crippen molar-refractivity contribution in [1.82, 2.24) is 15.2 Å². The number of piperidine rings is 1. The van der Waals surface area contributed by atoms with E-state index in [4.69, 9.17) is 9.15 Å². The quantitative estimate of drug-likeness (QED) is 0.712. The van der Waals surface area contributed by atoms with Crippen molar-refractivity contribution in [1.29, 1.82) is 0 Å². The van der Waals surface area contributed by atoms with Crippen LogP contribution in [0.15, 0.2) is 28.7 Å². The van der Waals surface area contributed by atoms with Crippen molar-refractivity contribution >= 4 is 28.9 Å². The number of likely N-dealkylation sites (tertiary alicyclic amines) is 1. The fraction of sp³-hybridized carbons (Fsp3) is 0.565. The smallest absolute Gasteiger partial charge is 0.325 e. The molecule has 1 saturated heterocycles. The van der Waals surface area contributed by atoms with Gasteiger partial charge in [-0.05, 0) is 37.8 Å². The lowest BCUT2D eigenvalue weighted by molar-refractivity contribution is -0.152. The first kappa shape index (κ1) is 21.3. The largest absolute Gasteiger partial charge is 0.454 e. The Balaban J connectivity index is 1.16. The molecule has 4 rings (SSSR count). The summed E-state index contributed by atoms with van der Waals surface area (Å²) in [5.41, 5.74) is 1.62. The van der Waals surface area contributed by atoms with Gasteiger partial charge in [0.25, 0.3) is 5.91 Å². The molecule has 2 fully saturated rings. The molecule has 166 valence electrons. The average Bonchev–Trinajstić information content (AvgIpc) is 3.26. The van der Waals surface area contributed by atoms with Crippen LogP contribution in [0.5, 0.6) is 0 Å². The Morgan fingerprint density at radius 1 is 1.06 bits per heavy atom. The zero-order valence-electron chi connectivity index (χ0n) is 17.7. The SMILES string of the molecule is O=C(CNC(=O)C1CCCCC1)OCC(=O)N1CCC(c2nc3ccccc3o2)CC1. The first-order valence-electron chi connectivity index (χ1n) is 11.2. The van der Waals surface area contributed by atoms with E-state index in [9.17, 15) is 14.4 Å². The van der Waals surface area contributed by atoms with Crippen LogP contribution in [0.25, 0.3) is 11.1 Å². The molecule has 1 aromatic heterocycles. The molecule has 2 aromatic rings. The Kier molecular flexibility index (Phi) is 6.84. The number of aromatic nitrogens is 1. The molecule has 1 saturated carbocycles. The van der Waals surface area contributed by atoms with Gasteiger partial charge in [-0.25, -0.2) is 4.98 Å². The van der Waals surface area contributed by atoms with Gasteiger partial charge in [-0.2, -0.15) is 0 Å². The minimum atomic E-state index is -0.584. The number of nitrogens with one attached hydrogen (secondary N) is 1. The molecule has 1 N–H and O–H groups in total. The number of amides is 2. The van der Waals surface area contributed by atoms with Crippen molar-refractivity contribution in [3.63, 3.8) is 0 Å². The van der Waals surface area contributed by atoms with Gasteiger partial charge < -0.3 is 19.4 Å². The molecule has 0 spiro atoms. The highest BCUT2D eigenvalue weighted by atomic mass is 16.5. The monoisotopic (exact) mass is 427 g/mol. The minimum Gasteiger partial charge on any atom is -0.454 e. The van der Waals surface area contributed by atoms with Crippen LogP contribution in [-0.4, -0.2) is 53.9 Å². The molecular formula is C23H29N3O5. The molecule has 2 heterocycles. The van der Waals surface area contributed by atoms with E-state index in [-0.39, 0.29) is 36.8 Å². The van der Waals surface area contributed by atoms with Crippen LogP contribution in [-0.2, 0) is 19.1 Å². The fourth-order valence-electron chi connectivity index (χ4n) is 4.39. The van der Waals surface area contributed by atoms with Crippen molar-refractivity contribution in [2.45, 2.75) is 50.9 Å². The number of carbonyl (C=O) groups excluding carboxylic acids is 3. The lowest BCUT2D eigenvalue weighted by atomic mass is 9.89. The maximum Gasteiger partial charge on any atom is 0.325 e. The summed E-state index contributed by atoms with van der Waals surface area (Å²) in [6, 6.07) is 7.67. The lowest BCUT2D eigenvalue weighted by Gasteiger charge is -2.30. The molecule has 8 nitrogen and oxygen atoms in total. The summed E-state index contributed by atoms with van der Waals surface area (Å²) in [6.45, 7) is 0.643. The van der Waals surface area contributed by atoms with Crippen LogP contribution in [0.1, 0.15) is 56.8 Å². The molecular weight excluding hydrogens is 398 g/mol. The summed E-state index contributed by atoms with van der Waals surface area (Å²) in [7, 11) is 0. The number of ether oxygens (including phenoxy) is 1. The van der Waals surface area contributed by atoms with Crippen molar-refractivity contribution < 1.29 is 23.5 Å². The molecule has 1 aliphatic carbocycles. The minimum absolute atomic E-state index is 0.00859. The number of rotatable bonds is 6. The van der Waals surface area contributed by atoms with Gasteiger partial charge in [-0.1, -0.05) is 31.4 Å². The second-order valence-corrected chi connectivity index (χ2v) is 8.39. The third-order valence-corrected chi connectivity index (χ3v) is 6.25. The maximum atomic E-state index is 12.4. The summed E-state index contributed by atoms with van der Waals surface area (Å²) in [4.78, 5) is 42.7. The lowest BCUT2D eigenvalue weighted by Crippen LogP contribution is -2.41. The number of esters is 1. The highest BCUT2D eigenvalue weighted by molar-refractivity contribution is 5.85. The summed E-state index contributed by atoms with van der Waals surface area (Å²) >= 11 is 0. The van der Waals surface area contributed by atoms with Crippen LogP contribution in [0, 0.1) is 5.92 Å². The topological polar surface area (TPSA) is 102 Å². The Labute approximate surface area is 181 Å². The van der Waals surface area contributed by atoms with Crippen molar-refractivity contribution in [3.8, 4) is 0 Å². The van der Waals surface area contributed by atoms with Crippen LogP contribution in [0.3, 0.4) is 0 Å². The second-order valence-electron chi connectivity index (χ2n) is 8.39. The van der Waals surface area contributed by atoms with Gasteiger partial charge in [0.1, 0.15) is 12.1 Å². The predicted molar refractivity (Wildman–Crippen MR) is 113 cm³/mol. The average molecular weight is 428 g/mol. The number of hydrogen-bond donors (Lipinski definition) is 1. The summed E-state index contributed by atoms with van der Waals surface area (Å²) in [5.74, 6) is -0.0146. The van der Waals surface area contributed by atoms with Crippen LogP contribution < -0.4 is 5.32 Å². The van der Waals surface area contributed by atoms with Gasteiger partial charge in [0.05, 0.1) is 0 Å². The number of oxazole rings is 1. The van der Waals surface area contributed by atoms with E-state index in [2.05, 4.69) is 10.3 Å². The van der Waals surface area contributed by atoms with E-state index in [1.165, 1.54) is 6.42 Å². The standard InChI is InChI=1S/C23H29N3O5/c27-20(15-30-21(28)14-24-22(29)16-6-2-1-3-7-16)26-12-10-17(11-13-26)23-25-18-8-4-5-9-19(18)31-23/h4-5,8-9,16-17H,1-3,6-7,10-15H2,(H,24,29). The number of carbonyl (C=O) groups is 3. The molecule has 0 bridgehead atoms. The normalized spacial score (nSPS) is 18.1. The molecule has 8 heteroatoms. The number of nitrogens with zero attached hydrogens (tertiary/aromatic N) is 2. The number of benzene rings is 1. The van der Waals surface area contributed by atoms with Gasteiger partial charge in [0.15, 0.2) is 18.1 Å². The Bertz CT molecular complexity index is 893. The summed E-state index contributed by atoms with van der Waals surface area (Å²) in [6.07, 6.45) is 6.53. The zero-order valence-corrected chi connectivity index (χ0v) is 17.7. The predicted octanol–water partition coefficient (Wildman–Crippen LogP) is 2.77. The van der Waals surface area contributed by atoms with E-state index in [0.29, 0.717) is 19.0 Å². The molecule has 0 radical (unpaired) electrons. The van der Waals surface area contributed by atoms with Crippen molar-refractivity contribution in [3.05, 3.63) is 30.2 Å². The van der Waals surface area contributed by atoms with Gasteiger partial charge in [0.2, 0.25) is 5.91 Å². The zero-order chi connectivity index (χ0) is 21.6. The van der Waals surface area contributed by atoms with E-state index in [0.717, 1.165) is 49.6 Å². The summed E-state index contributed by atoms with van der Waals surface area (Å²) < 4.78 is 10.9. The molecule has 31 heavy (non-hydrogen) atoms. The third kappa shape index (κ3) is 5.42. The van der Waals surface area contributed by atoms with Gasteiger partial charge >= 0.3 is 5.97 Å². The first-order chi connectivity index (χ1) is 15.1. The van der Waals surface area contributed by atoms with Gasteiger partial charge in [-0.3, -0.25) is 14.4 Å². The third-order valence-electron chi connectivity index (χ3n) is 6.25. The van der Waals surface area contributed by atoms with Gasteiger partial charge in [0, 0.05) is 24.9 Å². The van der Waals surface area contributed by atoms with Gasteiger partial charge in [-0.15, -0.1) is 0 Å². The molecule has 2 aliphatic rings. The van der Waals surface area contributed by atoms with Crippen molar-refractivity contribution in [2.75, 3.05) is 26.2 Å². The number of fused-ring (bicyclic) bond motifs is 1. The number of para-hydroxylation sites is 2. The highest BCUT2D eigenvalue weighted by Gasteiger charge is 2.27. The van der Waals surface area contributed by atoms with Crippen LogP contribution in [0.2, 0.25) is 0 Å². The molecule has 2 amide bonds. The molecule has 0 atom stereocenters. The first-order valence-corrected chi connectivity index (χ1v) is 11.2. The van der Waals surface area contributed by atoms with E-state index in [1.807, 2.05) is 24.3 Å². The Morgan fingerprint density at radius 3 is 2.55 bits per heavy atom. The molecule has 1 aliphatic heterocycles. The second kappa shape index (κ2) is 9.94. The fourth-order valence-corrected chi connectivity index (χ4v) is 4.39. The highest BCUT2D eigenvalue weighted by Crippen LogP contribution is 2.30. The van der Waals surface area contributed by atoms with Crippen molar-refractivity contribution in [2.24, 2.45) is 5.92 Å². The Morgan fingerprint density at radius 2 is 1.81 bits per heavy atom. The maximum absolute atomic E-state index is 12.4. The van der Waals surface area contributed by atoms with E-state index < -0.39 is 5.97 Å². The molecule has 1 aromatic carbocycles. The van der Waals surface area contributed by atoms with Crippen LogP contribution in [0.4, 0.5) is 0 Å². The van der Waals surface area contributed by atoms with E-state index >= 15 is 0 Å².